The second-order valence-corrected chi connectivity index (χ2v) is 6.92. The number of carbonyl (C=O) groups is 1. The number of nitrogens with one attached hydrogen (secondary N) is 1. The van der Waals surface area contributed by atoms with Gasteiger partial charge in [-0.1, -0.05) is 60.7 Å². The quantitative estimate of drug-likeness (QED) is 0.462. The van der Waals surface area contributed by atoms with Gasteiger partial charge in [0, 0.05) is 5.56 Å². The number of amides is 1. The minimum absolute atomic E-state index is 0.128. The molecular formula is C22H16BrNO3. The van der Waals surface area contributed by atoms with Crippen molar-refractivity contribution in [1.29, 1.82) is 0 Å². The van der Waals surface area contributed by atoms with E-state index in [9.17, 15) is 9.90 Å². The number of fused-ring (bicyclic) bond motifs is 1. The highest BCUT2D eigenvalue weighted by Crippen LogP contribution is 2.36. The molecule has 0 radical (unpaired) electrons. The van der Waals surface area contributed by atoms with Gasteiger partial charge in [0.1, 0.15) is 5.75 Å². The van der Waals surface area contributed by atoms with E-state index in [1.807, 2.05) is 60.7 Å². The van der Waals surface area contributed by atoms with E-state index < -0.39 is 6.04 Å². The summed E-state index contributed by atoms with van der Waals surface area (Å²) in [6, 6.07) is 23.6. The number of furan rings is 1. The summed E-state index contributed by atoms with van der Waals surface area (Å²) in [6.45, 7) is 0. The zero-order chi connectivity index (χ0) is 18.8. The van der Waals surface area contributed by atoms with Gasteiger partial charge in [-0.15, -0.1) is 0 Å². The van der Waals surface area contributed by atoms with Crippen molar-refractivity contribution in [3.05, 3.63) is 100 Å². The molecule has 0 aliphatic carbocycles. The third-order valence-corrected chi connectivity index (χ3v) is 4.87. The smallest absolute Gasteiger partial charge is 0.287 e. The lowest BCUT2D eigenvalue weighted by molar-refractivity contribution is 0.0913. The molecule has 0 aliphatic heterocycles. The number of rotatable bonds is 4. The van der Waals surface area contributed by atoms with Crippen LogP contribution < -0.4 is 5.32 Å². The summed E-state index contributed by atoms with van der Waals surface area (Å²) in [5.74, 6) is -0.0344. The number of aromatic hydroxyl groups is 1. The summed E-state index contributed by atoms with van der Waals surface area (Å²) < 4.78 is 5.86. The summed E-state index contributed by atoms with van der Waals surface area (Å²) in [7, 11) is 0. The monoisotopic (exact) mass is 421 g/mol. The van der Waals surface area contributed by atoms with E-state index in [2.05, 4.69) is 21.2 Å². The van der Waals surface area contributed by atoms with Crippen molar-refractivity contribution in [3.63, 3.8) is 0 Å². The van der Waals surface area contributed by atoms with Crippen LogP contribution in [0.1, 0.15) is 27.7 Å². The molecule has 0 fully saturated rings. The molecule has 4 nitrogen and oxygen atoms in total. The Hall–Kier alpha value is -3.05. The first-order valence-electron chi connectivity index (χ1n) is 8.45. The number of carbonyl (C=O) groups excluding carboxylic acids is 1. The highest BCUT2D eigenvalue weighted by molar-refractivity contribution is 9.10. The lowest BCUT2D eigenvalue weighted by Crippen LogP contribution is -2.29. The lowest BCUT2D eigenvalue weighted by atomic mass is 9.92. The Labute approximate surface area is 164 Å². The van der Waals surface area contributed by atoms with E-state index in [4.69, 9.17) is 4.42 Å². The minimum Gasteiger partial charge on any atom is -0.508 e. The van der Waals surface area contributed by atoms with Crippen molar-refractivity contribution >= 4 is 32.6 Å². The summed E-state index contributed by atoms with van der Waals surface area (Å²) in [4.78, 5) is 12.8. The highest BCUT2D eigenvalue weighted by Gasteiger charge is 2.24. The van der Waals surface area contributed by atoms with Crippen molar-refractivity contribution in [2.45, 2.75) is 6.04 Å². The summed E-state index contributed by atoms with van der Waals surface area (Å²) in [5.41, 5.74) is 1.52. The fourth-order valence-electron chi connectivity index (χ4n) is 3.19. The minimum atomic E-state index is -0.534. The number of hydrogen-bond donors (Lipinski definition) is 2. The van der Waals surface area contributed by atoms with Crippen LogP contribution in [-0.2, 0) is 0 Å². The Bertz CT molecular complexity index is 1100. The number of benzene rings is 3. The predicted molar refractivity (Wildman–Crippen MR) is 108 cm³/mol. The molecule has 1 aromatic heterocycles. The maximum absolute atomic E-state index is 12.8. The molecule has 1 unspecified atom stereocenters. The first kappa shape index (κ1) is 17.4. The summed E-state index contributed by atoms with van der Waals surface area (Å²) in [5, 5.41) is 15.5. The van der Waals surface area contributed by atoms with E-state index >= 15 is 0 Å². The molecule has 27 heavy (non-hydrogen) atoms. The van der Waals surface area contributed by atoms with Crippen LogP contribution in [0.25, 0.3) is 10.8 Å². The van der Waals surface area contributed by atoms with Gasteiger partial charge in [-0.2, -0.15) is 0 Å². The molecule has 4 aromatic rings. The van der Waals surface area contributed by atoms with Crippen molar-refractivity contribution in [3.8, 4) is 5.75 Å². The van der Waals surface area contributed by atoms with Gasteiger partial charge in [0.2, 0.25) is 0 Å². The number of hydrogen-bond acceptors (Lipinski definition) is 3. The first-order valence-corrected chi connectivity index (χ1v) is 9.24. The van der Waals surface area contributed by atoms with Crippen LogP contribution in [0.2, 0.25) is 0 Å². The fraction of sp³-hybridized carbons (Fsp3) is 0.0455. The molecule has 0 saturated heterocycles. The molecular weight excluding hydrogens is 406 g/mol. The van der Waals surface area contributed by atoms with Gasteiger partial charge in [0.15, 0.2) is 10.4 Å². The molecule has 0 saturated carbocycles. The Balaban J connectivity index is 1.85. The number of halogens is 1. The predicted octanol–water partition coefficient (Wildman–Crippen LogP) is 5.42. The van der Waals surface area contributed by atoms with Gasteiger partial charge in [-0.25, -0.2) is 0 Å². The Morgan fingerprint density at radius 2 is 1.67 bits per heavy atom. The van der Waals surface area contributed by atoms with Crippen LogP contribution >= 0.6 is 15.9 Å². The topological polar surface area (TPSA) is 62.5 Å². The van der Waals surface area contributed by atoms with Crippen LogP contribution in [0, 0.1) is 0 Å². The normalized spacial score (nSPS) is 12.0. The van der Waals surface area contributed by atoms with Crippen LogP contribution in [0.5, 0.6) is 5.75 Å². The third kappa shape index (κ3) is 3.46. The maximum Gasteiger partial charge on any atom is 0.287 e. The standard InChI is InChI=1S/C22H16BrNO3/c23-19-13-12-18(27-19)22(26)24-21(15-7-2-1-3-8-15)20-16-9-5-4-6-14(16)10-11-17(20)25/h1-13,21,25H,(H,24,26). The average molecular weight is 422 g/mol. The maximum atomic E-state index is 12.8. The van der Waals surface area contributed by atoms with Crippen molar-refractivity contribution in [1.82, 2.24) is 5.32 Å². The second-order valence-electron chi connectivity index (χ2n) is 6.14. The Kier molecular flexibility index (Phi) is 4.69. The molecule has 0 bridgehead atoms. The first-order chi connectivity index (χ1) is 13.1. The van der Waals surface area contributed by atoms with E-state index in [1.54, 1.807) is 18.2 Å². The zero-order valence-corrected chi connectivity index (χ0v) is 15.8. The van der Waals surface area contributed by atoms with Crippen LogP contribution in [0.4, 0.5) is 0 Å². The largest absolute Gasteiger partial charge is 0.508 e. The Morgan fingerprint density at radius 1 is 0.926 bits per heavy atom. The highest BCUT2D eigenvalue weighted by atomic mass is 79.9. The Morgan fingerprint density at radius 3 is 2.41 bits per heavy atom. The van der Waals surface area contributed by atoms with Gasteiger partial charge in [0.05, 0.1) is 6.04 Å². The van der Waals surface area contributed by atoms with Gasteiger partial charge >= 0.3 is 0 Å². The van der Waals surface area contributed by atoms with Crippen molar-refractivity contribution in [2.75, 3.05) is 0 Å². The van der Waals surface area contributed by atoms with E-state index in [0.29, 0.717) is 10.2 Å². The summed E-state index contributed by atoms with van der Waals surface area (Å²) >= 11 is 3.21. The van der Waals surface area contributed by atoms with E-state index in [1.165, 1.54) is 0 Å². The molecule has 1 amide bonds. The van der Waals surface area contributed by atoms with Crippen molar-refractivity contribution in [2.24, 2.45) is 0 Å². The van der Waals surface area contributed by atoms with Crippen LogP contribution in [0.3, 0.4) is 0 Å². The molecule has 2 N–H and O–H groups in total. The summed E-state index contributed by atoms with van der Waals surface area (Å²) in [6.07, 6.45) is 0. The third-order valence-electron chi connectivity index (χ3n) is 4.44. The van der Waals surface area contributed by atoms with Crippen LogP contribution in [-0.4, -0.2) is 11.0 Å². The van der Waals surface area contributed by atoms with Crippen LogP contribution in [0.15, 0.2) is 87.9 Å². The second kappa shape index (κ2) is 7.29. The molecule has 3 aromatic carbocycles. The molecule has 1 atom stereocenters. The molecule has 134 valence electrons. The zero-order valence-electron chi connectivity index (χ0n) is 14.2. The van der Waals surface area contributed by atoms with Crippen molar-refractivity contribution < 1.29 is 14.3 Å². The fourth-order valence-corrected chi connectivity index (χ4v) is 3.50. The number of phenolic OH excluding ortho intramolecular Hbond substituents is 1. The van der Waals surface area contributed by atoms with E-state index in [0.717, 1.165) is 16.3 Å². The molecule has 1 heterocycles. The average Bonchev–Trinajstić information content (AvgIpc) is 3.14. The lowest BCUT2D eigenvalue weighted by Gasteiger charge is -2.22. The molecule has 0 aliphatic rings. The molecule has 5 heteroatoms. The molecule has 4 rings (SSSR count). The van der Waals surface area contributed by atoms with Gasteiger partial charge in [-0.3, -0.25) is 4.79 Å². The molecule has 0 spiro atoms. The van der Waals surface area contributed by atoms with E-state index in [-0.39, 0.29) is 17.4 Å². The van der Waals surface area contributed by atoms with Gasteiger partial charge in [0.25, 0.3) is 5.91 Å². The number of phenols is 1. The van der Waals surface area contributed by atoms with Gasteiger partial charge < -0.3 is 14.8 Å². The SMILES string of the molecule is O=C(NC(c1ccccc1)c1c(O)ccc2ccccc12)c1ccc(Br)o1. The van der Waals surface area contributed by atoms with Gasteiger partial charge in [-0.05, 0) is 50.5 Å².